The summed E-state index contributed by atoms with van der Waals surface area (Å²) in [6.45, 7) is 8.43. The van der Waals surface area contributed by atoms with Crippen molar-refractivity contribution in [2.45, 2.75) is 33.8 Å². The maximum atomic E-state index is 12.4. The summed E-state index contributed by atoms with van der Waals surface area (Å²) in [4.78, 5) is 25.1. The Hall–Kier alpha value is -3.28. The van der Waals surface area contributed by atoms with Crippen molar-refractivity contribution >= 4 is 17.4 Å². The van der Waals surface area contributed by atoms with Gasteiger partial charge in [0, 0.05) is 25.2 Å². The average molecular weight is 411 g/mol. The van der Waals surface area contributed by atoms with Crippen LogP contribution in [0.25, 0.3) is 5.57 Å². The maximum absolute atomic E-state index is 12.4. The minimum Gasteiger partial charge on any atom is -0.486 e. The zero-order valence-electron chi connectivity index (χ0n) is 17.9. The van der Waals surface area contributed by atoms with Gasteiger partial charge in [0.2, 0.25) is 5.91 Å². The minimum absolute atomic E-state index is 0.0746. The quantitative estimate of drug-likeness (QED) is 0.580. The molecule has 0 bridgehead atoms. The fourth-order valence-electron chi connectivity index (χ4n) is 2.99. The molecule has 0 spiro atoms. The van der Waals surface area contributed by atoms with Gasteiger partial charge in [0.15, 0.2) is 6.61 Å². The Bertz CT molecular complexity index is 888. The summed E-state index contributed by atoms with van der Waals surface area (Å²) >= 11 is 0. The number of carbonyl (C=O) groups is 2. The first kappa shape index (κ1) is 23.0. The minimum atomic E-state index is -1.07. The van der Waals surface area contributed by atoms with Crippen LogP contribution in [0, 0.1) is 0 Å². The van der Waals surface area contributed by atoms with Gasteiger partial charge in [-0.15, -0.1) is 0 Å². The van der Waals surface area contributed by atoms with Crippen molar-refractivity contribution in [2.24, 2.45) is 0 Å². The zero-order chi connectivity index (χ0) is 22.1. The molecule has 0 aliphatic rings. The number of hydrogen-bond acceptors (Lipinski definition) is 4. The number of hydrogen-bond donors (Lipinski definition) is 1. The Balaban J connectivity index is 2.34. The Kier molecular flexibility index (Phi) is 8.47. The second-order valence-electron chi connectivity index (χ2n) is 6.88. The van der Waals surface area contributed by atoms with Crippen molar-refractivity contribution in [3.8, 4) is 11.5 Å². The summed E-state index contributed by atoms with van der Waals surface area (Å²) in [5.41, 5.74) is 2.48. The summed E-state index contributed by atoms with van der Waals surface area (Å²) in [5.74, 6) is -0.237. The number of nitrogens with zero attached hydrogens (tertiary/aromatic N) is 1. The van der Waals surface area contributed by atoms with E-state index >= 15 is 0 Å². The van der Waals surface area contributed by atoms with Crippen LogP contribution in [-0.2, 0) is 9.59 Å². The van der Waals surface area contributed by atoms with E-state index in [-0.39, 0.29) is 12.0 Å². The first-order valence-electron chi connectivity index (χ1n) is 10.0. The van der Waals surface area contributed by atoms with Gasteiger partial charge in [0.1, 0.15) is 17.6 Å². The molecule has 0 radical (unpaired) electrons. The molecule has 6 nitrogen and oxygen atoms in total. The second-order valence-corrected chi connectivity index (χ2v) is 6.88. The third-order valence-corrected chi connectivity index (χ3v) is 4.69. The number of rotatable bonds is 10. The monoisotopic (exact) mass is 411 g/mol. The number of amides is 1. The smallest absolute Gasteiger partial charge is 0.341 e. The largest absolute Gasteiger partial charge is 0.486 e. The van der Waals surface area contributed by atoms with Crippen molar-refractivity contribution in [1.82, 2.24) is 4.90 Å². The second kappa shape index (κ2) is 11.0. The van der Waals surface area contributed by atoms with Crippen molar-refractivity contribution in [2.75, 3.05) is 19.7 Å². The lowest BCUT2D eigenvalue weighted by Gasteiger charge is -2.18. The number of likely N-dealkylation sites (N-methyl/N-ethyl adjacent to an activating group) is 1. The molecule has 0 heterocycles. The molecule has 0 aromatic heterocycles. The number of benzene rings is 2. The molecular formula is C24H29NO5. The molecule has 2 aromatic rings. The number of carboxylic acids is 1. The molecule has 160 valence electrons. The summed E-state index contributed by atoms with van der Waals surface area (Å²) in [5, 5.41) is 8.93. The summed E-state index contributed by atoms with van der Waals surface area (Å²) < 4.78 is 11.5. The van der Waals surface area contributed by atoms with Gasteiger partial charge in [-0.05, 0) is 56.5 Å². The lowest BCUT2D eigenvalue weighted by Crippen LogP contribution is -2.28. The molecule has 6 heteroatoms. The molecule has 1 N–H and O–H groups in total. The highest BCUT2D eigenvalue weighted by molar-refractivity contribution is 5.95. The highest BCUT2D eigenvalue weighted by atomic mass is 16.5. The molecular weight excluding hydrogens is 382 g/mol. The van der Waals surface area contributed by atoms with E-state index in [1.54, 1.807) is 23.1 Å². The zero-order valence-corrected chi connectivity index (χ0v) is 17.9. The van der Waals surface area contributed by atoms with Gasteiger partial charge in [-0.3, -0.25) is 4.79 Å². The van der Waals surface area contributed by atoms with Crippen LogP contribution in [0.15, 0.2) is 54.6 Å². The fraction of sp³-hybridized carbons (Fsp3) is 0.333. The van der Waals surface area contributed by atoms with Gasteiger partial charge in [-0.2, -0.15) is 0 Å². The molecule has 1 amide bonds. The van der Waals surface area contributed by atoms with E-state index in [0.29, 0.717) is 24.6 Å². The standard InChI is InChI=1S/C24H29NO5/c1-5-25(6-2)23(26)12-17(3)20-13-21(29-16-24(27)28)15-22(14-20)30-18(4)19-10-8-7-9-11-19/h7-15,18H,5-6,16H2,1-4H3,(H,27,28)/b17-12+. The van der Waals surface area contributed by atoms with Crippen LogP contribution in [0.3, 0.4) is 0 Å². The van der Waals surface area contributed by atoms with E-state index in [4.69, 9.17) is 14.6 Å². The first-order chi connectivity index (χ1) is 14.3. The molecule has 1 unspecified atom stereocenters. The van der Waals surface area contributed by atoms with Gasteiger partial charge < -0.3 is 19.5 Å². The number of carboxylic acid groups (broad SMARTS) is 1. The van der Waals surface area contributed by atoms with Crippen LogP contribution in [0.4, 0.5) is 0 Å². The molecule has 0 saturated heterocycles. The normalized spacial score (nSPS) is 12.2. The molecule has 2 aromatic carbocycles. The molecule has 1 atom stereocenters. The SMILES string of the molecule is CCN(CC)C(=O)/C=C(\C)c1cc(OCC(=O)O)cc(OC(C)c2ccccc2)c1. The number of allylic oxidation sites excluding steroid dienone is 1. The Morgan fingerprint density at radius 1 is 1.07 bits per heavy atom. The molecule has 2 rings (SSSR count). The van der Waals surface area contributed by atoms with Gasteiger partial charge in [-0.25, -0.2) is 4.79 Å². The molecule has 0 aliphatic heterocycles. The van der Waals surface area contributed by atoms with Gasteiger partial charge in [-0.1, -0.05) is 30.3 Å². The highest BCUT2D eigenvalue weighted by Crippen LogP contribution is 2.30. The van der Waals surface area contributed by atoms with Gasteiger partial charge >= 0.3 is 5.97 Å². The molecule has 0 saturated carbocycles. The van der Waals surface area contributed by atoms with E-state index in [1.165, 1.54) is 0 Å². The Morgan fingerprint density at radius 3 is 2.30 bits per heavy atom. The first-order valence-corrected chi connectivity index (χ1v) is 10.0. The van der Waals surface area contributed by atoms with E-state index in [9.17, 15) is 9.59 Å². The number of carbonyl (C=O) groups excluding carboxylic acids is 1. The predicted molar refractivity (Wildman–Crippen MR) is 117 cm³/mol. The van der Waals surface area contributed by atoms with Crippen LogP contribution in [0.1, 0.15) is 44.9 Å². The van der Waals surface area contributed by atoms with Crippen LogP contribution in [-0.4, -0.2) is 41.6 Å². The topological polar surface area (TPSA) is 76.1 Å². The van der Waals surface area contributed by atoms with Crippen LogP contribution in [0.5, 0.6) is 11.5 Å². The number of aliphatic carboxylic acids is 1. The maximum Gasteiger partial charge on any atom is 0.341 e. The Morgan fingerprint density at radius 2 is 1.70 bits per heavy atom. The van der Waals surface area contributed by atoms with Crippen LogP contribution >= 0.6 is 0 Å². The van der Waals surface area contributed by atoms with E-state index < -0.39 is 12.6 Å². The summed E-state index contributed by atoms with van der Waals surface area (Å²) in [6.07, 6.45) is 1.36. The van der Waals surface area contributed by atoms with Crippen molar-refractivity contribution in [1.29, 1.82) is 0 Å². The fourth-order valence-corrected chi connectivity index (χ4v) is 2.99. The van der Waals surface area contributed by atoms with Crippen LogP contribution in [0.2, 0.25) is 0 Å². The third-order valence-electron chi connectivity index (χ3n) is 4.69. The lowest BCUT2D eigenvalue weighted by molar-refractivity contribution is -0.139. The van der Waals surface area contributed by atoms with Gasteiger partial charge in [0.05, 0.1) is 0 Å². The molecule has 30 heavy (non-hydrogen) atoms. The third kappa shape index (κ3) is 6.65. The van der Waals surface area contributed by atoms with Crippen molar-refractivity contribution < 1.29 is 24.2 Å². The summed E-state index contributed by atoms with van der Waals surface area (Å²) in [7, 11) is 0. The van der Waals surface area contributed by atoms with E-state index in [2.05, 4.69) is 0 Å². The molecule has 0 aliphatic carbocycles. The average Bonchev–Trinajstić information content (AvgIpc) is 2.73. The van der Waals surface area contributed by atoms with Crippen molar-refractivity contribution in [3.63, 3.8) is 0 Å². The van der Waals surface area contributed by atoms with E-state index in [1.807, 2.05) is 64.1 Å². The number of ether oxygens (including phenoxy) is 2. The summed E-state index contributed by atoms with van der Waals surface area (Å²) in [6, 6.07) is 15.0. The Labute approximate surface area is 177 Å². The van der Waals surface area contributed by atoms with Crippen molar-refractivity contribution in [3.05, 3.63) is 65.7 Å². The van der Waals surface area contributed by atoms with Gasteiger partial charge in [0.25, 0.3) is 0 Å². The highest BCUT2D eigenvalue weighted by Gasteiger charge is 2.13. The molecule has 0 fully saturated rings. The van der Waals surface area contributed by atoms with E-state index in [0.717, 1.165) is 16.7 Å². The lowest BCUT2D eigenvalue weighted by atomic mass is 10.1. The predicted octanol–water partition coefficient (Wildman–Crippen LogP) is 4.56. The van der Waals surface area contributed by atoms with Crippen LogP contribution < -0.4 is 9.47 Å².